The van der Waals surface area contributed by atoms with E-state index in [0.29, 0.717) is 76.2 Å². The Morgan fingerprint density at radius 2 is 1.16 bits per heavy atom. The lowest BCUT2D eigenvalue weighted by Gasteiger charge is -2.62. The van der Waals surface area contributed by atoms with Crippen LogP contribution in [0.1, 0.15) is 151 Å². The highest BCUT2D eigenvalue weighted by Gasteiger charge is 2.64. The molecule has 0 unspecified atom stereocenters. The Balaban J connectivity index is 0.000000155. The van der Waals surface area contributed by atoms with Crippen molar-refractivity contribution in [1.82, 2.24) is 20.0 Å². The molecule has 3 N–H and O–H groups in total. The van der Waals surface area contributed by atoms with Crippen LogP contribution in [-0.4, -0.2) is 85.7 Å². The number of alkyl halides is 1. The fourth-order valence-corrected chi connectivity index (χ4v) is 19.6. The number of aliphatic hydroxyl groups is 2. The number of methoxy groups -OCH3 is 2. The minimum atomic E-state index is -0.650. The van der Waals surface area contributed by atoms with Crippen LogP contribution >= 0.6 is 39.1 Å². The maximum absolute atomic E-state index is 13.7. The Morgan fingerprint density at radius 1 is 0.662 bits per heavy atom. The summed E-state index contributed by atoms with van der Waals surface area (Å²) in [6.07, 6.45) is 23.9. The minimum absolute atomic E-state index is 0. The second kappa shape index (κ2) is 21.7. The number of ether oxygens (including phenoxy) is 2. The van der Waals surface area contributed by atoms with Gasteiger partial charge in [-0.15, -0.1) is 0 Å². The second-order valence-electron chi connectivity index (χ2n) is 26.1. The van der Waals surface area contributed by atoms with Crippen LogP contribution in [-0.2, 0) is 25.6 Å². The predicted octanol–water partition coefficient (Wildman–Crippen LogP) is 14.1. The second-order valence-corrected chi connectivity index (χ2v) is 27.5. The van der Waals surface area contributed by atoms with Crippen LogP contribution in [0.2, 0.25) is 10.0 Å². The van der Waals surface area contributed by atoms with Crippen molar-refractivity contribution in [2.24, 2.45) is 80.8 Å². The Morgan fingerprint density at radius 3 is 1.69 bits per heavy atom. The molecule has 408 valence electrons. The van der Waals surface area contributed by atoms with Crippen LogP contribution in [0.3, 0.4) is 0 Å². The molecule has 0 spiro atoms. The molecule has 0 bridgehead atoms. The smallest absolute Gasteiger partial charge is 0.157 e. The summed E-state index contributed by atoms with van der Waals surface area (Å²) < 4.78 is 12.5. The van der Waals surface area contributed by atoms with Crippen LogP contribution in [0.4, 0.5) is 0 Å². The number of Topliss-reactive ketones (excluding diaryl/α,β-unsaturated/α-hetero) is 2. The van der Waals surface area contributed by atoms with Gasteiger partial charge in [-0.1, -0.05) is 74.3 Å². The summed E-state index contributed by atoms with van der Waals surface area (Å²) in [6.45, 7) is 11.2. The zero-order valence-corrected chi connectivity index (χ0v) is 47.5. The molecule has 8 fully saturated rings. The van der Waals surface area contributed by atoms with Crippen molar-refractivity contribution in [3.8, 4) is 0 Å². The maximum atomic E-state index is 13.7. The largest absolute Gasteiger partial charge is 0.387 e. The maximum Gasteiger partial charge on any atom is 0.157 e. The van der Waals surface area contributed by atoms with Crippen molar-refractivity contribution < 1.29 is 29.3 Å². The molecule has 10 nitrogen and oxygen atoms in total. The summed E-state index contributed by atoms with van der Waals surface area (Å²) >= 11 is 15.3. The number of carbonyl (C=O) groups excluding carboxylic acids is 2. The normalized spacial score (nSPS) is 40.9. The monoisotopic (exact) mass is 1120 g/mol. The fourth-order valence-electron chi connectivity index (χ4n) is 18.9. The van der Waals surface area contributed by atoms with E-state index in [1.165, 1.54) is 57.8 Å². The lowest BCUT2D eigenvalue weighted by molar-refractivity contribution is -0.164. The highest BCUT2D eigenvalue weighted by molar-refractivity contribution is 9.09. The number of hydrogen-bond donors (Lipinski definition) is 3. The van der Waals surface area contributed by atoms with E-state index in [-0.39, 0.29) is 30.1 Å². The van der Waals surface area contributed by atoms with Crippen LogP contribution in [0.15, 0.2) is 48.8 Å². The highest BCUT2D eigenvalue weighted by Crippen LogP contribution is 2.70. The number of halogens is 3. The fraction of sp³-hybridized carbons (Fsp3) is 0.738. The molecule has 0 saturated heterocycles. The summed E-state index contributed by atoms with van der Waals surface area (Å²) in [6, 6.07) is 11.3. The van der Waals surface area contributed by atoms with E-state index in [2.05, 4.69) is 58.9 Å². The van der Waals surface area contributed by atoms with Gasteiger partial charge in [-0.2, -0.15) is 10.2 Å². The molecule has 4 aromatic rings. The number of nitrogens with one attached hydrogen (secondary N) is 1. The van der Waals surface area contributed by atoms with Gasteiger partial charge in [0.25, 0.3) is 0 Å². The van der Waals surface area contributed by atoms with Crippen LogP contribution in [0.25, 0.3) is 21.8 Å². The molecule has 13 heteroatoms. The van der Waals surface area contributed by atoms with Crippen molar-refractivity contribution >= 4 is 72.5 Å². The van der Waals surface area contributed by atoms with E-state index in [1.807, 2.05) is 47.3 Å². The van der Waals surface area contributed by atoms with Gasteiger partial charge in [-0.05, 0) is 221 Å². The van der Waals surface area contributed by atoms with Gasteiger partial charge < -0.3 is 19.7 Å². The Kier molecular flexibility index (Phi) is 16.5. The molecule has 8 saturated carbocycles. The number of benzene rings is 2. The number of ketones is 2. The Bertz CT molecular complexity index is 2640. The molecule has 0 aliphatic heterocycles. The lowest BCUT2D eigenvalue weighted by atomic mass is 9.44. The topological polar surface area (TPSA) is 140 Å². The molecule has 0 radical (unpaired) electrons. The number of aromatic amines is 1. The highest BCUT2D eigenvalue weighted by atomic mass is 79.9. The van der Waals surface area contributed by atoms with Gasteiger partial charge in [0.1, 0.15) is 5.78 Å². The van der Waals surface area contributed by atoms with E-state index < -0.39 is 11.2 Å². The molecule has 74 heavy (non-hydrogen) atoms. The average molecular weight is 1120 g/mol. The molecule has 16 atom stereocenters. The van der Waals surface area contributed by atoms with E-state index >= 15 is 0 Å². The summed E-state index contributed by atoms with van der Waals surface area (Å²) in [5, 5.41) is 37.4. The van der Waals surface area contributed by atoms with Crippen LogP contribution in [0.5, 0.6) is 0 Å². The van der Waals surface area contributed by atoms with Gasteiger partial charge in [0.15, 0.2) is 5.78 Å². The van der Waals surface area contributed by atoms with Gasteiger partial charge in [0.05, 0.1) is 53.5 Å². The Labute approximate surface area is 460 Å². The van der Waals surface area contributed by atoms with Crippen molar-refractivity contribution in [3.63, 3.8) is 0 Å². The molecule has 8 aliphatic rings. The molecule has 2 heterocycles. The minimum Gasteiger partial charge on any atom is -0.387 e. The molecule has 2 aromatic carbocycles. The zero-order valence-electron chi connectivity index (χ0n) is 44.5. The van der Waals surface area contributed by atoms with Crippen molar-refractivity contribution in [2.75, 3.05) is 32.8 Å². The molecular formula is C61H87BrCl2N4O6. The quantitative estimate of drug-likeness (QED) is 0.141. The van der Waals surface area contributed by atoms with Gasteiger partial charge in [0.2, 0.25) is 0 Å². The number of carbonyl (C=O) groups is 2. The van der Waals surface area contributed by atoms with E-state index in [1.54, 1.807) is 20.4 Å². The summed E-state index contributed by atoms with van der Waals surface area (Å²) in [4.78, 5) is 26.2. The number of hydrogen-bond acceptors (Lipinski definition) is 8. The van der Waals surface area contributed by atoms with Crippen LogP contribution in [0, 0.1) is 80.8 Å². The Hall–Kier alpha value is -2.38. The summed E-state index contributed by atoms with van der Waals surface area (Å²) in [5.74, 6) is 6.74. The summed E-state index contributed by atoms with van der Waals surface area (Å²) in [7, 11) is 3.40. The third-order valence-electron chi connectivity index (χ3n) is 22.6. The number of fused-ring (bicyclic) bond motifs is 12. The van der Waals surface area contributed by atoms with Gasteiger partial charge in [-0.3, -0.25) is 19.4 Å². The van der Waals surface area contributed by atoms with Crippen molar-refractivity contribution in [2.45, 2.75) is 168 Å². The first-order valence-electron chi connectivity index (χ1n) is 28.0. The molecular weight excluding hydrogens is 1040 g/mol. The summed E-state index contributed by atoms with van der Waals surface area (Å²) in [5.41, 5.74) is 1.56. The first kappa shape index (κ1) is 56.3. The average Bonchev–Trinajstić information content (AvgIpc) is 4.16. The molecule has 0 amide bonds. The van der Waals surface area contributed by atoms with E-state index in [4.69, 9.17) is 32.7 Å². The first-order chi connectivity index (χ1) is 34.8. The molecule has 2 aromatic heterocycles. The van der Waals surface area contributed by atoms with Crippen molar-refractivity contribution in [3.05, 3.63) is 58.8 Å². The third kappa shape index (κ3) is 10.2. The first-order valence-corrected chi connectivity index (χ1v) is 29.9. The van der Waals surface area contributed by atoms with E-state index in [9.17, 15) is 19.8 Å². The molecule has 12 rings (SSSR count). The number of rotatable bonds is 9. The molecule has 8 aliphatic carbocycles. The lowest BCUT2D eigenvalue weighted by Crippen LogP contribution is -2.56. The zero-order chi connectivity index (χ0) is 51.7. The number of nitrogens with zero attached hydrogens (tertiary/aromatic N) is 3. The van der Waals surface area contributed by atoms with Crippen molar-refractivity contribution in [1.29, 1.82) is 0 Å². The van der Waals surface area contributed by atoms with E-state index in [0.717, 1.165) is 108 Å². The third-order valence-corrected chi connectivity index (χ3v) is 23.6. The van der Waals surface area contributed by atoms with Gasteiger partial charge in [-0.25, -0.2) is 0 Å². The number of H-pyrrole nitrogens is 1. The predicted molar refractivity (Wildman–Crippen MR) is 300 cm³/mol. The van der Waals surface area contributed by atoms with Crippen LogP contribution < -0.4 is 0 Å². The number of aromatic nitrogens is 4. The van der Waals surface area contributed by atoms with Gasteiger partial charge in [0, 0.05) is 53.1 Å². The standard InChI is InChI=1S/C30H41ClN2O3.C23H37BrO3.C7H5ClN2.CH4/c1-28-12-13-30(35,18-36-3)15-20(28)5-7-22-23-8-9-25(29(23,2)11-10-24(22)28)27(34)17-33-16-19-4-6-21(31)14-26(19)32-33;1-21-10-11-23(26,14-27-3)12-15(21)4-5-16-17-6-7-19(20(25)13-24)22(17,2)9-8-18(16)21;8-6-2-1-5-4-9-10-7(5)3-6;/h4,6,14,16,20,22-25,35H,5,7-13,15,17-18H2,1-3H3;15-19,26H,4-14H2,1-3H3;1-4H,(H,9,10);1H4/t20-,22-,23-,24-,25+,28-,29-,30+;15-,16-,17-,18-,19+,21-,22-,23+;;/m00../s1. The van der Waals surface area contributed by atoms with Gasteiger partial charge >= 0.3 is 0 Å². The SMILES string of the molecule is C.COC[C@@]1(O)CC[C@@]2(C)[C@@H](CC[C@@H]3[C@@H]2CC[C@]2(C)[C@@H](C(=O)CBr)CC[C@@H]32)C1.COC[C@@]1(O)CC[C@@]2(C)[C@@H](CC[C@@H]3[C@@H]2CC[C@]2(C)[C@@H](C(=O)Cn4cc5ccc(Cl)cc5n4)CC[C@@H]32)C1.Clc1ccc2cn[nH]c2c1.